The van der Waals surface area contributed by atoms with E-state index in [-0.39, 0.29) is 56.9 Å². The van der Waals surface area contributed by atoms with Gasteiger partial charge in [0, 0.05) is 41.1 Å². The van der Waals surface area contributed by atoms with Crippen LogP contribution in [0.15, 0.2) is 53.3 Å². The van der Waals surface area contributed by atoms with Gasteiger partial charge in [0.1, 0.15) is 29.1 Å². The Morgan fingerprint density at radius 3 is 2.33 bits per heavy atom. The molecule has 0 bridgehead atoms. The number of esters is 1. The smallest absolute Gasteiger partial charge is 0.338 e. The molecule has 6 N–H and O–H groups in total. The maximum Gasteiger partial charge on any atom is 0.338 e. The second kappa shape index (κ2) is 9.32. The fourth-order valence-electron chi connectivity index (χ4n) is 4.75. The minimum Gasteiger partial charge on any atom is -0.508 e. The van der Waals surface area contributed by atoms with Gasteiger partial charge in [-0.15, -0.1) is 0 Å². The third-order valence-electron chi connectivity index (χ3n) is 6.84. The van der Waals surface area contributed by atoms with Crippen molar-refractivity contribution in [2.45, 2.75) is 32.5 Å². The lowest BCUT2D eigenvalue weighted by molar-refractivity contribution is -0.0188. The monoisotopic (exact) mass is 532 g/mol. The summed E-state index contributed by atoms with van der Waals surface area (Å²) in [5, 5.41) is 61.3. The Morgan fingerprint density at radius 2 is 1.62 bits per heavy atom. The van der Waals surface area contributed by atoms with Gasteiger partial charge in [0.25, 0.3) is 0 Å². The van der Waals surface area contributed by atoms with Crippen LogP contribution in [0.25, 0.3) is 10.8 Å². The van der Waals surface area contributed by atoms with Gasteiger partial charge < -0.3 is 40.1 Å². The topological polar surface area (TPSA) is 174 Å². The molecule has 2 atom stereocenters. The molecule has 0 spiro atoms. The van der Waals surface area contributed by atoms with E-state index in [2.05, 4.69) is 0 Å². The van der Waals surface area contributed by atoms with E-state index in [4.69, 9.17) is 9.47 Å². The summed E-state index contributed by atoms with van der Waals surface area (Å²) in [6.07, 6.45) is -2.05. The Balaban J connectivity index is 1.59. The zero-order valence-electron chi connectivity index (χ0n) is 20.8. The van der Waals surface area contributed by atoms with Gasteiger partial charge in [-0.3, -0.25) is 4.79 Å². The van der Waals surface area contributed by atoms with Crippen LogP contribution in [-0.4, -0.2) is 42.7 Å². The van der Waals surface area contributed by atoms with Crippen LogP contribution in [0.5, 0.6) is 40.2 Å². The van der Waals surface area contributed by atoms with Crippen molar-refractivity contribution in [2.24, 2.45) is 0 Å². The lowest BCUT2D eigenvalue weighted by Gasteiger charge is -2.34. The van der Waals surface area contributed by atoms with E-state index in [1.165, 1.54) is 25.1 Å². The van der Waals surface area contributed by atoms with Crippen molar-refractivity contribution >= 4 is 16.7 Å². The van der Waals surface area contributed by atoms with Crippen LogP contribution in [0.3, 0.4) is 0 Å². The van der Waals surface area contributed by atoms with Crippen molar-refractivity contribution in [3.05, 3.63) is 86.6 Å². The first-order valence-electron chi connectivity index (χ1n) is 11.9. The number of carbonyl (C=O) groups excluding carboxylic acids is 1. The Bertz CT molecular complexity index is 1730. The number of phenols is 5. The number of fused-ring (bicyclic) bond motifs is 2. The zero-order chi connectivity index (χ0) is 28.2. The molecule has 5 rings (SSSR count). The molecule has 4 aromatic rings. The molecule has 4 aromatic carbocycles. The van der Waals surface area contributed by atoms with Gasteiger partial charge in [-0.05, 0) is 48.6 Å². The van der Waals surface area contributed by atoms with E-state index in [9.17, 15) is 40.2 Å². The molecule has 0 saturated heterocycles. The quantitative estimate of drug-likeness (QED) is 0.167. The van der Waals surface area contributed by atoms with Crippen LogP contribution in [-0.2, 0) is 11.2 Å². The molecule has 0 saturated carbocycles. The van der Waals surface area contributed by atoms with Gasteiger partial charge in [-0.1, -0.05) is 12.1 Å². The van der Waals surface area contributed by atoms with Gasteiger partial charge in [-0.2, -0.15) is 0 Å². The van der Waals surface area contributed by atoms with Crippen LogP contribution in [0, 0.1) is 13.8 Å². The first-order valence-corrected chi connectivity index (χ1v) is 11.9. The standard InChI is InChI=1S/C29H24O10/c1-12-3-4-14(6-19(12)31)28-24(11-18-20(32)9-17(30)10-23(18)38-28)39-29(37)16-5-15-7-21(33)26(35)13(2)25(15)27(36)22(34)8-16/h3-10,24,28,30-33,35H,11H2,1-2H3,(H,34,36)/t24-,28-/m1/s1. The van der Waals surface area contributed by atoms with Gasteiger partial charge in [0.05, 0.1) is 5.56 Å². The second-order valence-corrected chi connectivity index (χ2v) is 9.46. The summed E-state index contributed by atoms with van der Waals surface area (Å²) in [6.45, 7) is 3.11. The Kier molecular flexibility index (Phi) is 6.10. The van der Waals surface area contributed by atoms with Crippen LogP contribution in [0.2, 0.25) is 0 Å². The molecule has 10 heteroatoms. The predicted octanol–water partition coefficient (Wildman–Crippen LogP) is 3.95. The number of benzene rings is 3. The first-order chi connectivity index (χ1) is 18.4. The van der Waals surface area contributed by atoms with Crippen molar-refractivity contribution in [2.75, 3.05) is 0 Å². The summed E-state index contributed by atoms with van der Waals surface area (Å²) < 4.78 is 11.8. The highest BCUT2D eigenvalue weighted by Crippen LogP contribution is 2.44. The molecule has 0 fully saturated rings. The summed E-state index contributed by atoms with van der Waals surface area (Å²) in [5.41, 5.74) is 0.219. The Labute approximate surface area is 221 Å². The molecule has 0 aliphatic carbocycles. The minimum atomic E-state index is -1.05. The second-order valence-electron chi connectivity index (χ2n) is 9.46. The molecule has 200 valence electrons. The molecule has 0 aromatic heterocycles. The Morgan fingerprint density at radius 1 is 0.872 bits per heavy atom. The number of carbonyl (C=O) groups is 1. The maximum absolute atomic E-state index is 13.4. The van der Waals surface area contributed by atoms with Gasteiger partial charge in [-0.25, -0.2) is 4.79 Å². The average molecular weight is 533 g/mol. The molecule has 0 radical (unpaired) electrons. The van der Waals surface area contributed by atoms with E-state index in [1.54, 1.807) is 19.1 Å². The van der Waals surface area contributed by atoms with Crippen LogP contribution in [0.4, 0.5) is 0 Å². The maximum atomic E-state index is 13.4. The minimum absolute atomic E-state index is 0.0165. The normalized spacial score (nSPS) is 16.4. The number of aromatic hydroxyl groups is 6. The van der Waals surface area contributed by atoms with E-state index in [0.717, 1.165) is 18.2 Å². The van der Waals surface area contributed by atoms with Gasteiger partial charge in [0.2, 0.25) is 5.43 Å². The van der Waals surface area contributed by atoms with Crippen LogP contribution in [0.1, 0.15) is 38.7 Å². The summed E-state index contributed by atoms with van der Waals surface area (Å²) >= 11 is 0. The molecule has 1 heterocycles. The molecular formula is C29H24O10. The van der Waals surface area contributed by atoms with E-state index in [1.807, 2.05) is 0 Å². The van der Waals surface area contributed by atoms with Crippen LogP contribution < -0.4 is 10.2 Å². The van der Waals surface area contributed by atoms with E-state index in [0.29, 0.717) is 11.1 Å². The summed E-state index contributed by atoms with van der Waals surface area (Å²) in [6, 6.07) is 10.5. The number of rotatable bonds is 3. The molecule has 1 aliphatic rings. The SMILES string of the molecule is Cc1ccc([C@H]2Oc3cc(O)cc(O)c3C[C@H]2OC(=O)c2cc(=O)c(O)c3c(C)c(O)c(O)cc3c2)cc1O. The average Bonchev–Trinajstić information content (AvgIpc) is 3.00. The third-order valence-corrected chi connectivity index (χ3v) is 6.84. The van der Waals surface area contributed by atoms with E-state index < -0.39 is 40.9 Å². The molecular weight excluding hydrogens is 508 g/mol. The Hall–Kier alpha value is -5.12. The van der Waals surface area contributed by atoms with Crippen molar-refractivity contribution in [1.82, 2.24) is 0 Å². The third kappa shape index (κ3) is 4.46. The summed E-state index contributed by atoms with van der Waals surface area (Å²) in [4.78, 5) is 26.1. The largest absolute Gasteiger partial charge is 0.508 e. The van der Waals surface area contributed by atoms with Crippen molar-refractivity contribution < 1.29 is 44.9 Å². The summed E-state index contributed by atoms with van der Waals surface area (Å²) in [5.74, 6) is -3.06. The van der Waals surface area contributed by atoms with Crippen molar-refractivity contribution in [3.8, 4) is 40.2 Å². The zero-order valence-corrected chi connectivity index (χ0v) is 20.8. The number of hydrogen-bond donors (Lipinski definition) is 6. The molecule has 10 nitrogen and oxygen atoms in total. The molecule has 39 heavy (non-hydrogen) atoms. The molecule has 0 unspecified atom stereocenters. The van der Waals surface area contributed by atoms with Crippen molar-refractivity contribution in [1.29, 1.82) is 0 Å². The lowest BCUT2D eigenvalue weighted by atomic mass is 9.93. The molecule has 0 amide bonds. The van der Waals surface area contributed by atoms with Crippen molar-refractivity contribution in [3.63, 3.8) is 0 Å². The molecule has 1 aliphatic heterocycles. The van der Waals surface area contributed by atoms with Gasteiger partial charge >= 0.3 is 5.97 Å². The summed E-state index contributed by atoms with van der Waals surface area (Å²) in [7, 11) is 0. The number of hydrogen-bond acceptors (Lipinski definition) is 10. The number of phenolic OH excluding ortho intramolecular Hbond substituents is 5. The number of aryl methyl sites for hydroxylation is 2. The lowest BCUT2D eigenvalue weighted by Crippen LogP contribution is -2.34. The highest BCUT2D eigenvalue weighted by Gasteiger charge is 2.37. The fourth-order valence-corrected chi connectivity index (χ4v) is 4.75. The highest BCUT2D eigenvalue weighted by atomic mass is 16.6. The fraction of sp³-hybridized carbons (Fsp3) is 0.172. The van der Waals surface area contributed by atoms with E-state index >= 15 is 0 Å². The van der Waals surface area contributed by atoms with Crippen LogP contribution >= 0.6 is 0 Å². The highest BCUT2D eigenvalue weighted by molar-refractivity contribution is 5.98. The number of ether oxygens (including phenoxy) is 2. The van der Waals surface area contributed by atoms with Gasteiger partial charge in [0.15, 0.2) is 23.4 Å². The first kappa shape index (κ1) is 25.5. The predicted molar refractivity (Wildman–Crippen MR) is 139 cm³/mol.